The standard InChI is InChI=1S/C41H22N2OS/c1-2-11-23(12-3-1)41-42-37-30-18-10-13-24-21-25(22-31(34(24)30)40(37)45-41)43-32-19-8-6-16-28(32)35-26-14-4-5-15-27(26)36-29-17-7-9-20-33(29)44-39(36)38(35)43/h1-22H. The summed E-state index contributed by atoms with van der Waals surface area (Å²) in [5, 5.41) is 10.8. The Kier molecular flexibility index (Phi) is 4.46. The highest BCUT2D eigenvalue weighted by molar-refractivity contribution is 7.19. The number of hydrogen-bond acceptors (Lipinski definition) is 3. The number of benzene rings is 7. The average molecular weight is 591 g/mol. The molecule has 0 radical (unpaired) electrons. The van der Waals surface area contributed by atoms with E-state index < -0.39 is 0 Å². The Balaban J connectivity index is 1.30. The topological polar surface area (TPSA) is 31.0 Å². The first kappa shape index (κ1) is 23.7. The molecule has 0 bridgehead atoms. The van der Waals surface area contributed by atoms with Crippen molar-refractivity contribution in [2.45, 2.75) is 0 Å². The summed E-state index contributed by atoms with van der Waals surface area (Å²) in [5.74, 6) is 0. The number of rotatable bonds is 2. The second-order valence-corrected chi connectivity index (χ2v) is 12.9. The Morgan fingerprint density at radius 1 is 0.578 bits per heavy atom. The summed E-state index contributed by atoms with van der Waals surface area (Å²) in [6.45, 7) is 0. The second-order valence-electron chi connectivity index (χ2n) is 11.9. The van der Waals surface area contributed by atoms with E-state index in [4.69, 9.17) is 9.40 Å². The molecular formula is C41H22N2OS. The van der Waals surface area contributed by atoms with E-state index in [1.54, 1.807) is 11.3 Å². The molecule has 0 saturated carbocycles. The van der Waals surface area contributed by atoms with Crippen LogP contribution in [-0.2, 0) is 0 Å². The average Bonchev–Trinajstić information content (AvgIpc) is 3.85. The maximum Gasteiger partial charge on any atom is 0.160 e. The fourth-order valence-corrected chi connectivity index (χ4v) is 8.81. The smallest absolute Gasteiger partial charge is 0.160 e. The van der Waals surface area contributed by atoms with Gasteiger partial charge in [-0.25, -0.2) is 4.98 Å². The van der Waals surface area contributed by atoms with Gasteiger partial charge in [-0.05, 0) is 45.8 Å². The molecule has 0 saturated heterocycles. The molecule has 3 aromatic heterocycles. The molecule has 1 aliphatic rings. The highest BCUT2D eigenvalue weighted by Crippen LogP contribution is 2.53. The molecule has 7 aromatic carbocycles. The zero-order valence-corrected chi connectivity index (χ0v) is 24.7. The van der Waals surface area contributed by atoms with Crippen molar-refractivity contribution < 1.29 is 4.42 Å². The molecule has 208 valence electrons. The molecule has 10 aromatic rings. The van der Waals surface area contributed by atoms with Gasteiger partial charge in [0.2, 0.25) is 0 Å². The van der Waals surface area contributed by atoms with Gasteiger partial charge in [0.1, 0.15) is 10.6 Å². The second kappa shape index (κ2) is 8.47. The van der Waals surface area contributed by atoms with Crippen molar-refractivity contribution >= 4 is 76.6 Å². The van der Waals surface area contributed by atoms with Gasteiger partial charge in [0, 0.05) is 43.9 Å². The van der Waals surface area contributed by atoms with Crippen LogP contribution in [0.4, 0.5) is 0 Å². The number of hydrogen-bond donors (Lipinski definition) is 0. The number of fused-ring (bicyclic) bond motifs is 13. The van der Waals surface area contributed by atoms with Gasteiger partial charge in [0.05, 0.1) is 21.6 Å². The third-order valence-electron chi connectivity index (χ3n) is 9.52. The molecule has 0 amide bonds. The van der Waals surface area contributed by atoms with Crippen LogP contribution in [0.5, 0.6) is 0 Å². The molecule has 0 N–H and O–H groups in total. The maximum absolute atomic E-state index is 6.80. The summed E-state index contributed by atoms with van der Waals surface area (Å²) in [6, 6.07) is 47.8. The van der Waals surface area contributed by atoms with E-state index in [-0.39, 0.29) is 0 Å². The minimum atomic E-state index is 0.909. The first-order valence-corrected chi connectivity index (χ1v) is 16.0. The van der Waals surface area contributed by atoms with Gasteiger partial charge in [-0.3, -0.25) is 0 Å². The number of para-hydroxylation sites is 2. The van der Waals surface area contributed by atoms with Crippen LogP contribution in [0.3, 0.4) is 0 Å². The molecule has 45 heavy (non-hydrogen) atoms. The first-order chi connectivity index (χ1) is 22.3. The maximum atomic E-state index is 6.80. The van der Waals surface area contributed by atoms with Gasteiger partial charge in [0.15, 0.2) is 5.58 Å². The number of thiazole rings is 1. The van der Waals surface area contributed by atoms with E-state index in [2.05, 4.69) is 138 Å². The summed E-state index contributed by atoms with van der Waals surface area (Å²) in [6.07, 6.45) is 0. The normalized spacial score (nSPS) is 12.4. The summed E-state index contributed by atoms with van der Waals surface area (Å²) < 4.78 is 9.23. The SMILES string of the molecule is c1ccc(-c2nc3c(s2)-c2cc(-n4c5ccccc5c5c6ccccc6c6c7ccccc7oc6c54)cc4cccc-3c24)cc1. The fourth-order valence-electron chi connectivity index (χ4n) is 7.70. The Morgan fingerprint density at radius 3 is 2.18 bits per heavy atom. The molecular weight excluding hydrogens is 569 g/mol. The monoisotopic (exact) mass is 590 g/mol. The van der Waals surface area contributed by atoms with Gasteiger partial charge in [-0.1, -0.05) is 109 Å². The highest BCUT2D eigenvalue weighted by Gasteiger charge is 2.28. The Labute approximate surface area is 261 Å². The van der Waals surface area contributed by atoms with Crippen LogP contribution in [0.1, 0.15) is 0 Å². The van der Waals surface area contributed by atoms with Crippen LogP contribution in [0.2, 0.25) is 0 Å². The van der Waals surface area contributed by atoms with Crippen LogP contribution in [0.25, 0.3) is 103 Å². The minimum Gasteiger partial charge on any atom is -0.454 e. The van der Waals surface area contributed by atoms with E-state index in [1.165, 1.54) is 59.2 Å². The molecule has 11 rings (SSSR count). The molecule has 0 fully saturated rings. The zero-order valence-electron chi connectivity index (χ0n) is 23.9. The van der Waals surface area contributed by atoms with Crippen molar-refractivity contribution in [2.24, 2.45) is 0 Å². The third-order valence-corrected chi connectivity index (χ3v) is 10.7. The molecule has 0 spiro atoms. The van der Waals surface area contributed by atoms with Gasteiger partial charge >= 0.3 is 0 Å². The Hall–Kier alpha value is -5.71. The number of furan rings is 1. The summed E-state index contributed by atoms with van der Waals surface area (Å²) in [5.41, 5.74) is 9.95. The van der Waals surface area contributed by atoms with Gasteiger partial charge in [0.25, 0.3) is 0 Å². The van der Waals surface area contributed by atoms with Crippen molar-refractivity contribution in [1.29, 1.82) is 0 Å². The third kappa shape index (κ3) is 3.02. The molecule has 4 heteroatoms. The van der Waals surface area contributed by atoms with E-state index in [0.717, 1.165) is 44.0 Å². The first-order valence-electron chi connectivity index (χ1n) is 15.2. The van der Waals surface area contributed by atoms with E-state index >= 15 is 0 Å². The quantitative estimate of drug-likeness (QED) is 0.200. The summed E-state index contributed by atoms with van der Waals surface area (Å²) in [7, 11) is 0. The largest absolute Gasteiger partial charge is 0.454 e. The van der Waals surface area contributed by atoms with Gasteiger partial charge in [-0.15, -0.1) is 11.3 Å². The van der Waals surface area contributed by atoms with Crippen LogP contribution in [0, 0.1) is 0 Å². The van der Waals surface area contributed by atoms with Crippen molar-refractivity contribution in [3.8, 4) is 38.0 Å². The van der Waals surface area contributed by atoms with Crippen LogP contribution in [0.15, 0.2) is 138 Å². The molecule has 1 aliphatic carbocycles. The molecule has 0 aliphatic heterocycles. The molecule has 0 atom stereocenters. The van der Waals surface area contributed by atoms with Crippen LogP contribution < -0.4 is 0 Å². The fraction of sp³-hybridized carbons (Fsp3) is 0. The zero-order chi connectivity index (χ0) is 29.2. The van der Waals surface area contributed by atoms with E-state index in [0.29, 0.717) is 0 Å². The predicted octanol–water partition coefficient (Wildman–Crippen LogP) is 11.8. The van der Waals surface area contributed by atoms with Crippen LogP contribution in [-0.4, -0.2) is 9.55 Å². The number of aromatic nitrogens is 2. The lowest BCUT2D eigenvalue weighted by molar-refractivity contribution is 0.671. The number of nitrogens with zero attached hydrogens (tertiary/aromatic N) is 2. The Morgan fingerprint density at radius 2 is 1.31 bits per heavy atom. The lowest BCUT2D eigenvalue weighted by Crippen LogP contribution is -1.95. The Bertz CT molecular complexity index is 2870. The van der Waals surface area contributed by atoms with E-state index in [9.17, 15) is 0 Å². The lowest BCUT2D eigenvalue weighted by Gasteiger charge is -2.12. The minimum absolute atomic E-state index is 0.909. The molecule has 0 unspecified atom stereocenters. The summed E-state index contributed by atoms with van der Waals surface area (Å²) >= 11 is 1.79. The van der Waals surface area contributed by atoms with Crippen molar-refractivity contribution in [1.82, 2.24) is 9.55 Å². The van der Waals surface area contributed by atoms with E-state index in [1.807, 2.05) is 0 Å². The van der Waals surface area contributed by atoms with Crippen molar-refractivity contribution in [2.75, 3.05) is 0 Å². The van der Waals surface area contributed by atoms with Crippen LogP contribution >= 0.6 is 11.3 Å². The highest BCUT2D eigenvalue weighted by atomic mass is 32.1. The van der Waals surface area contributed by atoms with Crippen molar-refractivity contribution in [3.63, 3.8) is 0 Å². The molecule has 3 heterocycles. The molecule has 3 nitrogen and oxygen atoms in total. The summed E-state index contributed by atoms with van der Waals surface area (Å²) in [4.78, 5) is 6.43. The predicted molar refractivity (Wildman–Crippen MR) is 189 cm³/mol. The lowest BCUT2D eigenvalue weighted by atomic mass is 9.99. The van der Waals surface area contributed by atoms with Crippen molar-refractivity contribution in [3.05, 3.63) is 133 Å². The van der Waals surface area contributed by atoms with Gasteiger partial charge < -0.3 is 8.98 Å². The van der Waals surface area contributed by atoms with Gasteiger partial charge in [-0.2, -0.15) is 0 Å².